The Bertz CT molecular complexity index is 757. The van der Waals surface area contributed by atoms with E-state index in [1.165, 1.54) is 12.1 Å². The third kappa shape index (κ3) is 3.83. The van der Waals surface area contributed by atoms with Gasteiger partial charge >= 0.3 is 0 Å². The predicted molar refractivity (Wildman–Crippen MR) is 97.7 cm³/mol. The van der Waals surface area contributed by atoms with Gasteiger partial charge in [0.15, 0.2) is 5.82 Å². The van der Waals surface area contributed by atoms with E-state index in [4.69, 9.17) is 4.74 Å². The van der Waals surface area contributed by atoms with Crippen LogP contribution in [0.3, 0.4) is 0 Å². The third-order valence-electron chi connectivity index (χ3n) is 4.46. The molecule has 2 heterocycles. The summed E-state index contributed by atoms with van der Waals surface area (Å²) in [5, 5.41) is 0. The van der Waals surface area contributed by atoms with Crippen molar-refractivity contribution in [2.75, 3.05) is 44.3 Å². The molecule has 3 rings (SSSR count). The number of carbonyl (C=O) groups excluding carboxylic acids is 1. The zero-order valence-electron chi connectivity index (χ0n) is 15.1. The van der Waals surface area contributed by atoms with Crippen LogP contribution in [0.2, 0.25) is 0 Å². The van der Waals surface area contributed by atoms with E-state index >= 15 is 0 Å². The minimum absolute atomic E-state index is 0.0825. The van der Waals surface area contributed by atoms with Crippen molar-refractivity contribution >= 4 is 11.7 Å². The van der Waals surface area contributed by atoms with Crippen molar-refractivity contribution in [2.45, 2.75) is 13.8 Å². The molecule has 1 amide bonds. The number of amides is 1. The molecule has 0 bridgehead atoms. The Morgan fingerprint density at radius 2 is 1.85 bits per heavy atom. The third-order valence-corrected chi connectivity index (χ3v) is 4.46. The Labute approximate surface area is 152 Å². The van der Waals surface area contributed by atoms with Crippen molar-refractivity contribution in [1.82, 2.24) is 14.9 Å². The van der Waals surface area contributed by atoms with E-state index in [0.717, 1.165) is 13.1 Å². The quantitative estimate of drug-likeness (QED) is 0.822. The summed E-state index contributed by atoms with van der Waals surface area (Å²) in [6.45, 7) is 7.70. The van der Waals surface area contributed by atoms with Gasteiger partial charge in [-0.2, -0.15) is 0 Å². The van der Waals surface area contributed by atoms with E-state index in [1.54, 1.807) is 23.2 Å². The van der Waals surface area contributed by atoms with Gasteiger partial charge in [-0.1, -0.05) is 0 Å². The zero-order chi connectivity index (χ0) is 18.5. The minimum atomic E-state index is -0.308. The van der Waals surface area contributed by atoms with Gasteiger partial charge in [-0.3, -0.25) is 4.79 Å². The van der Waals surface area contributed by atoms with Gasteiger partial charge in [0.05, 0.1) is 13.2 Å². The maximum absolute atomic E-state index is 13.2. The smallest absolute Gasteiger partial charge is 0.259 e. The molecule has 1 aromatic carbocycles. The average Bonchev–Trinajstić information content (AvgIpc) is 2.69. The molecule has 26 heavy (non-hydrogen) atoms. The van der Waals surface area contributed by atoms with Crippen LogP contribution in [0, 0.1) is 5.82 Å². The van der Waals surface area contributed by atoms with Gasteiger partial charge in [0.25, 0.3) is 5.91 Å². The van der Waals surface area contributed by atoms with E-state index in [-0.39, 0.29) is 11.7 Å². The molecule has 138 valence electrons. The number of nitrogens with zero attached hydrogens (tertiary/aromatic N) is 4. The summed E-state index contributed by atoms with van der Waals surface area (Å²) in [5.41, 5.74) is 1.20. The molecule has 0 radical (unpaired) electrons. The Kier molecular flexibility index (Phi) is 5.78. The molecule has 1 aromatic heterocycles. The lowest BCUT2D eigenvalue weighted by atomic mass is 10.2. The topological polar surface area (TPSA) is 58.6 Å². The number of anilines is 1. The van der Waals surface area contributed by atoms with Crippen LogP contribution in [0.25, 0.3) is 11.4 Å². The molecule has 6 nitrogen and oxygen atoms in total. The highest BCUT2D eigenvalue weighted by Gasteiger charge is 2.24. The maximum Gasteiger partial charge on any atom is 0.259 e. The molecular weight excluding hydrogens is 335 g/mol. The van der Waals surface area contributed by atoms with E-state index in [9.17, 15) is 9.18 Å². The fourth-order valence-electron chi connectivity index (χ4n) is 2.96. The lowest BCUT2D eigenvalue weighted by Crippen LogP contribution is -2.41. The zero-order valence-corrected chi connectivity index (χ0v) is 15.1. The Morgan fingerprint density at radius 1 is 1.19 bits per heavy atom. The number of rotatable bonds is 5. The standard InChI is InChI=1S/C19H23FN4O2/c1-3-23(4-2)18-16(19(25)24-9-11-26-12-10-24)13-21-17(22-18)14-5-7-15(20)8-6-14/h5-8,13H,3-4,9-12H2,1-2H3. The summed E-state index contributed by atoms with van der Waals surface area (Å²) < 4.78 is 18.5. The first-order valence-corrected chi connectivity index (χ1v) is 8.89. The van der Waals surface area contributed by atoms with Crippen molar-refractivity contribution in [3.05, 3.63) is 41.8 Å². The van der Waals surface area contributed by atoms with Gasteiger partial charge in [-0.25, -0.2) is 14.4 Å². The van der Waals surface area contributed by atoms with Crippen molar-refractivity contribution in [1.29, 1.82) is 0 Å². The predicted octanol–water partition coefficient (Wildman–Crippen LogP) is 2.60. The van der Waals surface area contributed by atoms with Gasteiger partial charge < -0.3 is 14.5 Å². The molecule has 1 aliphatic rings. The normalized spacial score (nSPS) is 14.3. The Balaban J connectivity index is 2.00. The van der Waals surface area contributed by atoms with Crippen LogP contribution < -0.4 is 4.90 Å². The first kappa shape index (κ1) is 18.3. The summed E-state index contributed by atoms with van der Waals surface area (Å²) in [4.78, 5) is 25.8. The second kappa shape index (κ2) is 8.23. The van der Waals surface area contributed by atoms with Crippen LogP contribution in [0.15, 0.2) is 30.5 Å². The highest BCUT2D eigenvalue weighted by atomic mass is 19.1. The van der Waals surface area contributed by atoms with Gasteiger partial charge in [-0.05, 0) is 38.1 Å². The lowest BCUT2D eigenvalue weighted by Gasteiger charge is -2.29. The maximum atomic E-state index is 13.2. The van der Waals surface area contributed by atoms with Crippen molar-refractivity contribution < 1.29 is 13.9 Å². The Morgan fingerprint density at radius 3 is 2.46 bits per heavy atom. The molecule has 0 aliphatic carbocycles. The summed E-state index contributed by atoms with van der Waals surface area (Å²) in [6.07, 6.45) is 1.58. The highest BCUT2D eigenvalue weighted by molar-refractivity contribution is 5.99. The van der Waals surface area contributed by atoms with Gasteiger partial charge in [0, 0.05) is 37.9 Å². The number of hydrogen-bond donors (Lipinski definition) is 0. The molecule has 0 spiro atoms. The number of halogens is 1. The Hall–Kier alpha value is -2.54. The van der Waals surface area contributed by atoms with Crippen molar-refractivity contribution in [3.63, 3.8) is 0 Å². The van der Waals surface area contributed by atoms with Crippen LogP contribution in [-0.4, -0.2) is 60.2 Å². The molecule has 1 fully saturated rings. The molecule has 0 N–H and O–H groups in total. The number of hydrogen-bond acceptors (Lipinski definition) is 5. The molecular formula is C19H23FN4O2. The number of benzene rings is 1. The summed E-state index contributed by atoms with van der Waals surface area (Å²) >= 11 is 0. The molecule has 1 aliphatic heterocycles. The van der Waals surface area contributed by atoms with E-state index in [1.807, 2.05) is 18.7 Å². The summed E-state index contributed by atoms with van der Waals surface area (Å²) in [7, 11) is 0. The van der Waals surface area contributed by atoms with E-state index in [2.05, 4.69) is 9.97 Å². The first-order chi connectivity index (χ1) is 12.6. The monoisotopic (exact) mass is 358 g/mol. The van der Waals surface area contributed by atoms with Crippen LogP contribution in [0.4, 0.5) is 10.2 Å². The van der Waals surface area contributed by atoms with Crippen LogP contribution in [-0.2, 0) is 4.74 Å². The highest BCUT2D eigenvalue weighted by Crippen LogP contribution is 2.24. The number of carbonyl (C=O) groups is 1. The number of morpholine rings is 1. The molecule has 2 aromatic rings. The second-order valence-electron chi connectivity index (χ2n) is 6.01. The molecule has 0 atom stereocenters. The SMILES string of the molecule is CCN(CC)c1nc(-c2ccc(F)cc2)ncc1C(=O)N1CCOCC1. The van der Waals surface area contributed by atoms with Crippen LogP contribution in [0.1, 0.15) is 24.2 Å². The largest absolute Gasteiger partial charge is 0.378 e. The fourth-order valence-corrected chi connectivity index (χ4v) is 2.96. The molecule has 1 saturated heterocycles. The van der Waals surface area contributed by atoms with Gasteiger partial charge in [-0.15, -0.1) is 0 Å². The number of aromatic nitrogens is 2. The fraction of sp³-hybridized carbons (Fsp3) is 0.421. The summed E-state index contributed by atoms with van der Waals surface area (Å²) in [6, 6.07) is 6.03. The average molecular weight is 358 g/mol. The van der Waals surface area contributed by atoms with Gasteiger partial charge in [0.2, 0.25) is 0 Å². The second-order valence-corrected chi connectivity index (χ2v) is 6.01. The van der Waals surface area contributed by atoms with Crippen molar-refractivity contribution in [2.24, 2.45) is 0 Å². The molecule has 7 heteroatoms. The lowest BCUT2D eigenvalue weighted by molar-refractivity contribution is 0.0303. The van der Waals surface area contributed by atoms with E-state index in [0.29, 0.717) is 49.1 Å². The first-order valence-electron chi connectivity index (χ1n) is 8.89. The van der Waals surface area contributed by atoms with Crippen molar-refractivity contribution in [3.8, 4) is 11.4 Å². The van der Waals surface area contributed by atoms with Gasteiger partial charge in [0.1, 0.15) is 17.2 Å². The number of ether oxygens (including phenoxy) is 1. The van der Waals surface area contributed by atoms with E-state index < -0.39 is 0 Å². The molecule has 0 saturated carbocycles. The molecule has 0 unspecified atom stereocenters. The summed E-state index contributed by atoms with van der Waals surface area (Å²) in [5.74, 6) is 0.698. The minimum Gasteiger partial charge on any atom is -0.378 e. The van der Waals surface area contributed by atoms with Crippen LogP contribution >= 0.6 is 0 Å². The van der Waals surface area contributed by atoms with Crippen LogP contribution in [0.5, 0.6) is 0 Å².